The lowest BCUT2D eigenvalue weighted by Gasteiger charge is -2.24. The molecule has 5 atom stereocenters. The summed E-state index contributed by atoms with van der Waals surface area (Å²) in [6, 6.07) is 5.32. The predicted molar refractivity (Wildman–Crippen MR) is 143 cm³/mol. The summed E-state index contributed by atoms with van der Waals surface area (Å²) < 4.78 is 43.8. The molecule has 1 fully saturated rings. The lowest BCUT2D eigenvalue weighted by Crippen LogP contribution is -2.35. The number of benzene rings is 1. The lowest BCUT2D eigenvalue weighted by atomic mass is 10.1. The van der Waals surface area contributed by atoms with Crippen LogP contribution in [-0.4, -0.2) is 57.5 Å². The fourth-order valence-electron chi connectivity index (χ4n) is 4.16. The number of anilines is 1. The van der Waals surface area contributed by atoms with E-state index in [0.29, 0.717) is 35.1 Å². The van der Waals surface area contributed by atoms with Gasteiger partial charge in [-0.15, -0.1) is 0 Å². The number of aromatic nitrogens is 4. The van der Waals surface area contributed by atoms with E-state index < -0.39 is 32.1 Å². The Labute approximate surface area is 230 Å². The molecule has 1 aromatic carbocycles. The molecule has 1 aliphatic heterocycles. The Morgan fingerprint density at radius 2 is 2.03 bits per heavy atom. The van der Waals surface area contributed by atoms with Crippen LogP contribution in [0.1, 0.15) is 40.3 Å². The standard InChI is InChI=1S/C24H32ClN6O7P/c1-5-34-21-19-20(28-24(26)29-21)31(13-27-19)22-14(3)11-18(37-22)12-36-39(33,30-15(4)23(32)35-6-2)38-17-9-7-16(25)8-10-17/h7-10,13-15,18,22H,5-6,11-12H2,1-4H3,(H,30,33)(H2,26,28,29). The van der Waals surface area contributed by atoms with Crippen LogP contribution in [-0.2, 0) is 23.4 Å². The van der Waals surface area contributed by atoms with Gasteiger partial charge in [0, 0.05) is 10.9 Å². The first-order valence-corrected chi connectivity index (χ1v) is 14.5. The molecule has 0 spiro atoms. The Balaban J connectivity index is 1.49. The molecule has 0 aliphatic carbocycles. The Kier molecular flexibility index (Phi) is 9.29. The van der Waals surface area contributed by atoms with E-state index in [-0.39, 0.29) is 30.8 Å². The van der Waals surface area contributed by atoms with Gasteiger partial charge in [-0.1, -0.05) is 18.5 Å². The van der Waals surface area contributed by atoms with Crippen molar-refractivity contribution >= 4 is 42.4 Å². The molecular formula is C24H32ClN6O7P. The molecule has 39 heavy (non-hydrogen) atoms. The largest absolute Gasteiger partial charge is 0.476 e. The molecule has 4 rings (SSSR count). The van der Waals surface area contributed by atoms with Gasteiger partial charge in [0.25, 0.3) is 0 Å². The van der Waals surface area contributed by atoms with E-state index >= 15 is 0 Å². The summed E-state index contributed by atoms with van der Waals surface area (Å²) >= 11 is 5.95. The average Bonchev–Trinajstić information content (AvgIpc) is 3.47. The summed E-state index contributed by atoms with van der Waals surface area (Å²) in [6.07, 6.45) is 1.28. The van der Waals surface area contributed by atoms with Crippen LogP contribution in [0.2, 0.25) is 5.02 Å². The summed E-state index contributed by atoms with van der Waals surface area (Å²) in [5.74, 6) is 0.0287. The number of nitrogens with one attached hydrogen (secondary N) is 1. The molecule has 1 aliphatic rings. The van der Waals surface area contributed by atoms with Gasteiger partial charge in [-0.2, -0.15) is 15.1 Å². The number of nitrogens with zero attached hydrogens (tertiary/aromatic N) is 4. The minimum atomic E-state index is -4.05. The Morgan fingerprint density at radius 3 is 2.72 bits per heavy atom. The van der Waals surface area contributed by atoms with Gasteiger partial charge in [0.05, 0.1) is 32.3 Å². The van der Waals surface area contributed by atoms with Crippen LogP contribution in [0.4, 0.5) is 5.95 Å². The fourth-order valence-corrected chi connectivity index (χ4v) is 5.81. The summed E-state index contributed by atoms with van der Waals surface area (Å²) in [5, 5.41) is 3.14. The monoisotopic (exact) mass is 582 g/mol. The van der Waals surface area contributed by atoms with Crippen molar-refractivity contribution in [2.24, 2.45) is 5.92 Å². The molecule has 2 aromatic heterocycles. The number of carbonyl (C=O) groups is 1. The molecule has 3 aromatic rings. The summed E-state index contributed by atoms with van der Waals surface area (Å²) in [4.78, 5) is 25.1. The molecule has 15 heteroatoms. The average molecular weight is 583 g/mol. The summed E-state index contributed by atoms with van der Waals surface area (Å²) in [5.41, 5.74) is 6.84. The van der Waals surface area contributed by atoms with Gasteiger partial charge in [-0.05, 0) is 51.5 Å². The topological polar surface area (TPSA) is 162 Å². The second-order valence-electron chi connectivity index (χ2n) is 8.95. The minimum absolute atomic E-state index is 0.0192. The second kappa shape index (κ2) is 12.5. The number of nitrogens with two attached hydrogens (primary N) is 1. The molecular weight excluding hydrogens is 551 g/mol. The van der Waals surface area contributed by atoms with E-state index in [1.807, 2.05) is 13.8 Å². The van der Waals surface area contributed by atoms with Crippen molar-refractivity contribution in [3.8, 4) is 11.6 Å². The van der Waals surface area contributed by atoms with Gasteiger partial charge in [0.15, 0.2) is 11.2 Å². The Bertz CT molecular complexity index is 1340. The third-order valence-electron chi connectivity index (χ3n) is 5.88. The molecule has 0 bridgehead atoms. The number of imidazole rings is 1. The van der Waals surface area contributed by atoms with Crippen molar-refractivity contribution < 1.29 is 32.6 Å². The van der Waals surface area contributed by atoms with Gasteiger partial charge < -0.3 is 24.5 Å². The fraction of sp³-hybridized carbons (Fsp3) is 0.500. The maximum atomic E-state index is 13.7. The molecule has 0 amide bonds. The van der Waals surface area contributed by atoms with Crippen LogP contribution in [0, 0.1) is 5.92 Å². The van der Waals surface area contributed by atoms with Crippen LogP contribution in [0.15, 0.2) is 30.6 Å². The van der Waals surface area contributed by atoms with E-state index in [4.69, 9.17) is 40.6 Å². The van der Waals surface area contributed by atoms with E-state index in [9.17, 15) is 9.36 Å². The maximum absolute atomic E-state index is 13.7. The quantitative estimate of drug-likeness (QED) is 0.232. The zero-order valence-electron chi connectivity index (χ0n) is 22.1. The number of halogens is 1. The molecule has 3 N–H and O–H groups in total. The van der Waals surface area contributed by atoms with Crippen LogP contribution < -0.4 is 20.1 Å². The molecule has 0 saturated carbocycles. The molecule has 0 radical (unpaired) electrons. The highest BCUT2D eigenvalue weighted by Gasteiger charge is 2.38. The van der Waals surface area contributed by atoms with Crippen LogP contribution in [0.5, 0.6) is 11.6 Å². The van der Waals surface area contributed by atoms with Crippen LogP contribution in [0.25, 0.3) is 11.2 Å². The third-order valence-corrected chi connectivity index (χ3v) is 7.77. The minimum Gasteiger partial charge on any atom is -0.476 e. The molecule has 5 unspecified atom stereocenters. The second-order valence-corrected chi connectivity index (χ2v) is 11.1. The smallest absolute Gasteiger partial charge is 0.459 e. The highest BCUT2D eigenvalue weighted by molar-refractivity contribution is 7.52. The van der Waals surface area contributed by atoms with Crippen molar-refractivity contribution in [1.29, 1.82) is 0 Å². The molecule has 13 nitrogen and oxygen atoms in total. The number of nitrogen functional groups attached to an aromatic ring is 1. The van der Waals surface area contributed by atoms with E-state index in [0.717, 1.165) is 0 Å². The zero-order valence-corrected chi connectivity index (χ0v) is 23.7. The highest BCUT2D eigenvalue weighted by atomic mass is 35.5. The van der Waals surface area contributed by atoms with E-state index in [2.05, 4.69) is 20.0 Å². The molecule has 1 saturated heterocycles. The molecule has 3 heterocycles. The van der Waals surface area contributed by atoms with Gasteiger partial charge in [-0.3, -0.25) is 13.9 Å². The number of rotatable bonds is 12. The van der Waals surface area contributed by atoms with Gasteiger partial charge in [0.2, 0.25) is 11.8 Å². The first kappa shape index (κ1) is 29.0. The Hall–Kier alpha value is -2.96. The SMILES string of the molecule is CCOC(=O)C(C)NP(=O)(OCC1CC(C)C(n2cnc3c(OCC)nc(N)nc32)O1)Oc1ccc(Cl)cc1. The first-order valence-electron chi connectivity index (χ1n) is 12.5. The third kappa shape index (κ3) is 6.98. The summed E-state index contributed by atoms with van der Waals surface area (Å²) in [6.45, 7) is 7.53. The van der Waals surface area contributed by atoms with Crippen molar-refractivity contribution in [3.63, 3.8) is 0 Å². The van der Waals surface area contributed by atoms with E-state index in [1.165, 1.54) is 6.92 Å². The Morgan fingerprint density at radius 1 is 1.28 bits per heavy atom. The number of esters is 1. The predicted octanol–water partition coefficient (Wildman–Crippen LogP) is 4.13. The van der Waals surface area contributed by atoms with Crippen molar-refractivity contribution in [2.45, 2.75) is 52.5 Å². The van der Waals surface area contributed by atoms with Crippen LogP contribution >= 0.6 is 19.3 Å². The number of fused-ring (bicyclic) bond motifs is 1. The number of hydrogen-bond donors (Lipinski definition) is 2. The number of ether oxygens (including phenoxy) is 3. The van der Waals surface area contributed by atoms with Crippen molar-refractivity contribution in [2.75, 3.05) is 25.6 Å². The number of hydrogen-bond acceptors (Lipinski definition) is 11. The van der Waals surface area contributed by atoms with Crippen molar-refractivity contribution in [3.05, 3.63) is 35.6 Å². The summed E-state index contributed by atoms with van der Waals surface area (Å²) in [7, 11) is -4.05. The normalized spacial score (nSPS) is 21.4. The van der Waals surface area contributed by atoms with Gasteiger partial charge in [-0.25, -0.2) is 9.55 Å². The van der Waals surface area contributed by atoms with Crippen molar-refractivity contribution in [1.82, 2.24) is 24.6 Å². The number of carbonyl (C=O) groups excluding carboxylic acids is 1. The molecule has 212 valence electrons. The van der Waals surface area contributed by atoms with E-state index in [1.54, 1.807) is 42.1 Å². The first-order chi connectivity index (χ1) is 18.6. The zero-order chi connectivity index (χ0) is 28.2. The van der Waals surface area contributed by atoms with Gasteiger partial charge in [0.1, 0.15) is 18.0 Å². The highest BCUT2D eigenvalue weighted by Crippen LogP contribution is 2.46. The maximum Gasteiger partial charge on any atom is 0.459 e. The lowest BCUT2D eigenvalue weighted by molar-refractivity contribution is -0.144. The van der Waals surface area contributed by atoms with Crippen LogP contribution in [0.3, 0.4) is 0 Å². The van der Waals surface area contributed by atoms with Gasteiger partial charge >= 0.3 is 13.7 Å².